The van der Waals surface area contributed by atoms with Gasteiger partial charge in [0.1, 0.15) is 0 Å². The molecule has 0 saturated carbocycles. The highest BCUT2D eigenvalue weighted by molar-refractivity contribution is 5.79. The van der Waals surface area contributed by atoms with E-state index in [-0.39, 0.29) is 11.9 Å². The fourth-order valence-electron chi connectivity index (χ4n) is 1.99. The van der Waals surface area contributed by atoms with Gasteiger partial charge in [0.2, 0.25) is 5.91 Å². The molecule has 17 heavy (non-hydrogen) atoms. The molecule has 2 rings (SSSR count). The minimum Gasteiger partial charge on any atom is -0.442 e. The van der Waals surface area contributed by atoms with Crippen LogP contribution < -0.4 is 0 Å². The summed E-state index contributed by atoms with van der Waals surface area (Å²) in [5.41, 5.74) is 1.04. The van der Waals surface area contributed by atoms with Crippen LogP contribution in [0, 0.1) is 0 Å². The molecule has 1 amide bonds. The molecule has 1 heterocycles. The number of benzene rings is 1. The summed E-state index contributed by atoms with van der Waals surface area (Å²) in [5.74, 6) is -0.303. The lowest BCUT2D eigenvalue weighted by Gasteiger charge is -2.24. The van der Waals surface area contributed by atoms with Crippen LogP contribution in [-0.4, -0.2) is 23.0 Å². The first-order valence-electron chi connectivity index (χ1n) is 5.67. The Morgan fingerprint density at radius 3 is 2.76 bits per heavy atom. The molecular weight excluding hydrogens is 218 g/mol. The molecule has 0 N–H and O–H groups in total. The smallest absolute Gasteiger partial charge is 0.304 e. The zero-order valence-electron chi connectivity index (χ0n) is 9.76. The average Bonchev–Trinajstić information content (AvgIpc) is 2.62. The quantitative estimate of drug-likeness (QED) is 0.746. The number of hydrogen-bond donors (Lipinski definition) is 0. The summed E-state index contributed by atoms with van der Waals surface area (Å²) in [6.07, 6.45) is 0.635. The number of nitrogens with zero attached hydrogens (tertiary/aromatic N) is 1. The van der Waals surface area contributed by atoms with E-state index in [2.05, 4.69) is 0 Å². The summed E-state index contributed by atoms with van der Waals surface area (Å²) in [6, 6.07) is 9.69. The number of carbonyl (C=O) groups is 2. The molecule has 1 saturated heterocycles. The summed E-state index contributed by atoms with van der Waals surface area (Å²) in [6.45, 7) is 1.86. The van der Waals surface area contributed by atoms with Crippen molar-refractivity contribution in [2.24, 2.45) is 0 Å². The minimum absolute atomic E-state index is 0.0418. The maximum absolute atomic E-state index is 11.7. The summed E-state index contributed by atoms with van der Waals surface area (Å²) in [4.78, 5) is 24.3. The van der Waals surface area contributed by atoms with Gasteiger partial charge in [-0.05, 0) is 5.56 Å². The summed E-state index contributed by atoms with van der Waals surface area (Å²) >= 11 is 0. The second kappa shape index (κ2) is 4.99. The minimum atomic E-state index is -0.403. The molecule has 1 aromatic rings. The van der Waals surface area contributed by atoms with Crippen molar-refractivity contribution < 1.29 is 14.3 Å². The van der Waals surface area contributed by atoms with Crippen molar-refractivity contribution in [2.45, 2.75) is 32.5 Å². The highest BCUT2D eigenvalue weighted by Gasteiger charge is 2.32. The Labute approximate surface area is 100 Å². The number of esters is 1. The molecule has 0 radical (unpaired) electrons. The Kier molecular flexibility index (Phi) is 3.42. The van der Waals surface area contributed by atoms with Gasteiger partial charge in [0, 0.05) is 26.3 Å². The van der Waals surface area contributed by atoms with Crippen LogP contribution in [0.2, 0.25) is 0 Å². The van der Waals surface area contributed by atoms with Crippen molar-refractivity contribution in [3.8, 4) is 0 Å². The van der Waals surface area contributed by atoms with E-state index in [1.807, 2.05) is 30.3 Å². The SMILES string of the molecule is CC(=O)OC1CCC(=O)N1Cc1ccccc1. The maximum atomic E-state index is 11.7. The van der Waals surface area contributed by atoms with Crippen molar-refractivity contribution in [3.63, 3.8) is 0 Å². The van der Waals surface area contributed by atoms with Crippen molar-refractivity contribution >= 4 is 11.9 Å². The Hall–Kier alpha value is -1.84. The molecule has 1 aliphatic heterocycles. The summed E-state index contributed by atoms with van der Waals surface area (Å²) in [7, 11) is 0. The van der Waals surface area contributed by atoms with E-state index in [0.717, 1.165) is 5.56 Å². The van der Waals surface area contributed by atoms with Gasteiger partial charge in [-0.25, -0.2) is 0 Å². The molecule has 0 aliphatic carbocycles. The Morgan fingerprint density at radius 1 is 1.41 bits per heavy atom. The Balaban J connectivity index is 2.06. The second-order valence-corrected chi connectivity index (χ2v) is 4.11. The van der Waals surface area contributed by atoms with Crippen LogP contribution in [0.15, 0.2) is 30.3 Å². The monoisotopic (exact) mass is 233 g/mol. The third-order valence-corrected chi connectivity index (χ3v) is 2.77. The molecule has 1 unspecified atom stereocenters. The zero-order chi connectivity index (χ0) is 12.3. The van der Waals surface area contributed by atoms with E-state index in [1.54, 1.807) is 4.90 Å². The van der Waals surface area contributed by atoms with Crippen LogP contribution in [0.1, 0.15) is 25.3 Å². The van der Waals surface area contributed by atoms with E-state index in [0.29, 0.717) is 19.4 Å². The van der Waals surface area contributed by atoms with Crippen LogP contribution in [0.3, 0.4) is 0 Å². The fourth-order valence-corrected chi connectivity index (χ4v) is 1.99. The number of likely N-dealkylation sites (tertiary alicyclic amines) is 1. The van der Waals surface area contributed by atoms with Gasteiger partial charge >= 0.3 is 5.97 Å². The molecule has 1 fully saturated rings. The highest BCUT2D eigenvalue weighted by atomic mass is 16.6. The van der Waals surface area contributed by atoms with Gasteiger partial charge in [-0.15, -0.1) is 0 Å². The summed E-state index contributed by atoms with van der Waals surface area (Å²) < 4.78 is 5.13. The number of ether oxygens (including phenoxy) is 1. The standard InChI is InChI=1S/C13H15NO3/c1-10(15)17-13-8-7-12(16)14(13)9-11-5-3-2-4-6-11/h2-6,13H,7-9H2,1H3. The van der Waals surface area contributed by atoms with Crippen LogP contribution in [0.25, 0.3) is 0 Å². The maximum Gasteiger partial charge on any atom is 0.304 e. The normalized spacial score (nSPS) is 19.5. The predicted octanol–water partition coefficient (Wildman–Crippen LogP) is 1.70. The lowest BCUT2D eigenvalue weighted by molar-refractivity contribution is -0.157. The largest absolute Gasteiger partial charge is 0.442 e. The van der Waals surface area contributed by atoms with Crippen LogP contribution in [0.4, 0.5) is 0 Å². The molecule has 1 aliphatic rings. The van der Waals surface area contributed by atoms with Crippen molar-refractivity contribution in [3.05, 3.63) is 35.9 Å². The number of amides is 1. The van der Waals surface area contributed by atoms with Gasteiger partial charge in [-0.1, -0.05) is 30.3 Å². The summed E-state index contributed by atoms with van der Waals surface area (Å²) in [5, 5.41) is 0. The Morgan fingerprint density at radius 2 is 2.12 bits per heavy atom. The van der Waals surface area contributed by atoms with Gasteiger partial charge in [-0.2, -0.15) is 0 Å². The van der Waals surface area contributed by atoms with E-state index in [1.165, 1.54) is 6.92 Å². The lowest BCUT2D eigenvalue weighted by Crippen LogP contribution is -2.35. The molecule has 1 aromatic carbocycles. The number of hydrogen-bond acceptors (Lipinski definition) is 3. The molecular formula is C13H15NO3. The van der Waals surface area contributed by atoms with Gasteiger partial charge in [0.15, 0.2) is 6.23 Å². The first-order chi connectivity index (χ1) is 8.16. The zero-order valence-corrected chi connectivity index (χ0v) is 9.76. The average molecular weight is 233 g/mol. The molecule has 0 aromatic heterocycles. The van der Waals surface area contributed by atoms with Crippen molar-refractivity contribution in [2.75, 3.05) is 0 Å². The second-order valence-electron chi connectivity index (χ2n) is 4.11. The first kappa shape index (κ1) is 11.6. The topological polar surface area (TPSA) is 46.6 Å². The van der Waals surface area contributed by atoms with Crippen LogP contribution >= 0.6 is 0 Å². The number of rotatable bonds is 3. The highest BCUT2D eigenvalue weighted by Crippen LogP contribution is 2.22. The van der Waals surface area contributed by atoms with Gasteiger partial charge in [-0.3, -0.25) is 9.59 Å². The molecule has 4 nitrogen and oxygen atoms in total. The van der Waals surface area contributed by atoms with Gasteiger partial charge in [0.25, 0.3) is 0 Å². The third kappa shape index (κ3) is 2.84. The molecule has 90 valence electrons. The van der Waals surface area contributed by atoms with Crippen LogP contribution in [0.5, 0.6) is 0 Å². The lowest BCUT2D eigenvalue weighted by atomic mass is 10.2. The predicted molar refractivity (Wildman–Crippen MR) is 61.8 cm³/mol. The van der Waals surface area contributed by atoms with Crippen molar-refractivity contribution in [1.82, 2.24) is 4.90 Å². The number of carbonyl (C=O) groups excluding carboxylic acids is 2. The van der Waals surface area contributed by atoms with E-state index in [4.69, 9.17) is 4.74 Å². The van der Waals surface area contributed by atoms with Crippen molar-refractivity contribution in [1.29, 1.82) is 0 Å². The molecule has 0 bridgehead atoms. The van der Waals surface area contributed by atoms with E-state index < -0.39 is 6.23 Å². The van der Waals surface area contributed by atoms with E-state index in [9.17, 15) is 9.59 Å². The van der Waals surface area contributed by atoms with E-state index >= 15 is 0 Å². The van der Waals surface area contributed by atoms with Gasteiger partial charge in [0.05, 0.1) is 0 Å². The first-order valence-corrected chi connectivity index (χ1v) is 5.67. The fraction of sp³-hybridized carbons (Fsp3) is 0.385. The Bertz CT molecular complexity index is 416. The van der Waals surface area contributed by atoms with Gasteiger partial charge < -0.3 is 9.64 Å². The third-order valence-electron chi connectivity index (χ3n) is 2.77. The molecule has 0 spiro atoms. The molecule has 4 heteroatoms. The van der Waals surface area contributed by atoms with Crippen LogP contribution in [-0.2, 0) is 20.9 Å². The molecule has 1 atom stereocenters.